The Kier molecular flexibility index (Phi) is 5.35. The topological polar surface area (TPSA) is 75.2 Å². The summed E-state index contributed by atoms with van der Waals surface area (Å²) in [6.07, 6.45) is 5.90. The minimum Gasteiger partial charge on any atom is -0.347 e. The van der Waals surface area contributed by atoms with E-state index < -0.39 is 0 Å². The van der Waals surface area contributed by atoms with E-state index in [0.717, 1.165) is 49.3 Å². The van der Waals surface area contributed by atoms with Crippen LogP contribution in [0.3, 0.4) is 0 Å². The molecular weight excluding hydrogens is 364 g/mol. The Morgan fingerprint density at radius 1 is 1.21 bits per heavy atom. The highest BCUT2D eigenvalue weighted by atomic mass is 16.2. The summed E-state index contributed by atoms with van der Waals surface area (Å²) in [6.45, 7) is 5.13. The fourth-order valence-electron chi connectivity index (χ4n) is 4.49. The monoisotopic (exact) mass is 392 g/mol. The molecule has 2 aromatic rings. The van der Waals surface area contributed by atoms with E-state index >= 15 is 0 Å². The van der Waals surface area contributed by atoms with Gasteiger partial charge < -0.3 is 10.2 Å². The zero-order chi connectivity index (χ0) is 20.4. The van der Waals surface area contributed by atoms with Crippen molar-refractivity contribution >= 4 is 11.8 Å². The Labute approximate surface area is 171 Å². The van der Waals surface area contributed by atoms with Crippen LogP contribution in [0.5, 0.6) is 0 Å². The number of hydrogen-bond donors (Lipinski definition) is 1. The van der Waals surface area contributed by atoms with Crippen molar-refractivity contribution in [2.45, 2.75) is 44.9 Å². The minimum absolute atomic E-state index is 0.0103. The summed E-state index contributed by atoms with van der Waals surface area (Å²) in [7, 11) is 0. The molecule has 6 heteroatoms. The number of carbonyl (C=O) groups is 2. The highest BCUT2D eigenvalue weighted by Gasteiger charge is 2.44. The van der Waals surface area contributed by atoms with Crippen molar-refractivity contribution in [3.8, 4) is 11.4 Å². The molecule has 1 saturated heterocycles. The van der Waals surface area contributed by atoms with E-state index in [0.29, 0.717) is 6.54 Å². The van der Waals surface area contributed by atoms with Gasteiger partial charge in [0.05, 0.1) is 12.2 Å². The molecule has 152 valence electrons. The molecule has 4 rings (SSSR count). The van der Waals surface area contributed by atoms with Gasteiger partial charge in [-0.1, -0.05) is 44.2 Å². The Hall–Kier alpha value is -2.76. The number of rotatable bonds is 4. The average molecular weight is 393 g/mol. The van der Waals surface area contributed by atoms with Crippen LogP contribution < -0.4 is 5.32 Å². The summed E-state index contributed by atoms with van der Waals surface area (Å²) in [6, 6.07) is 10.0. The Bertz CT molecular complexity index is 908. The third-order valence-corrected chi connectivity index (χ3v) is 6.14. The number of aromatic nitrogens is 2. The number of benzene rings is 1. The first-order chi connectivity index (χ1) is 14.0. The SMILES string of the molecule is CC(C)C(=O)NCC(=O)N1CCCC2(CCc3cnc(-c4ccccc4)nc32)C1. The van der Waals surface area contributed by atoms with Crippen LogP contribution in [0.25, 0.3) is 11.4 Å². The van der Waals surface area contributed by atoms with E-state index in [9.17, 15) is 9.59 Å². The maximum atomic E-state index is 12.7. The van der Waals surface area contributed by atoms with E-state index in [1.807, 2.05) is 55.3 Å². The second kappa shape index (κ2) is 7.93. The largest absolute Gasteiger partial charge is 0.347 e. The molecule has 1 spiro atoms. The molecule has 1 N–H and O–H groups in total. The van der Waals surface area contributed by atoms with E-state index in [1.165, 1.54) is 5.56 Å². The molecule has 2 amide bonds. The molecule has 2 aliphatic rings. The number of carbonyl (C=O) groups excluding carboxylic acids is 2. The highest BCUT2D eigenvalue weighted by Crippen LogP contribution is 2.44. The molecule has 29 heavy (non-hydrogen) atoms. The second-order valence-corrected chi connectivity index (χ2v) is 8.51. The predicted octanol–water partition coefficient (Wildman–Crippen LogP) is 2.72. The highest BCUT2D eigenvalue weighted by molar-refractivity contribution is 5.85. The van der Waals surface area contributed by atoms with E-state index in [1.54, 1.807) is 0 Å². The third kappa shape index (κ3) is 3.88. The molecular formula is C23H28N4O2. The number of amides is 2. The molecule has 2 heterocycles. The molecule has 0 radical (unpaired) electrons. The molecule has 1 aliphatic heterocycles. The fraction of sp³-hybridized carbons (Fsp3) is 0.478. The number of fused-ring (bicyclic) bond motifs is 2. The van der Waals surface area contributed by atoms with Gasteiger partial charge in [0.25, 0.3) is 0 Å². The van der Waals surface area contributed by atoms with Crippen molar-refractivity contribution in [1.82, 2.24) is 20.2 Å². The molecule has 0 bridgehead atoms. The molecule has 1 aliphatic carbocycles. The molecule has 1 atom stereocenters. The lowest BCUT2D eigenvalue weighted by molar-refractivity contribution is -0.135. The molecule has 0 saturated carbocycles. The number of hydrogen-bond acceptors (Lipinski definition) is 4. The minimum atomic E-state index is -0.120. The van der Waals surface area contributed by atoms with E-state index in [-0.39, 0.29) is 29.7 Å². The van der Waals surface area contributed by atoms with Crippen molar-refractivity contribution in [2.75, 3.05) is 19.6 Å². The Morgan fingerprint density at radius 3 is 2.76 bits per heavy atom. The fourth-order valence-corrected chi connectivity index (χ4v) is 4.49. The van der Waals surface area contributed by atoms with Gasteiger partial charge in [0.1, 0.15) is 0 Å². The second-order valence-electron chi connectivity index (χ2n) is 8.51. The summed E-state index contributed by atoms with van der Waals surface area (Å²) >= 11 is 0. The number of nitrogens with zero attached hydrogens (tertiary/aromatic N) is 3. The lowest BCUT2D eigenvalue weighted by atomic mass is 9.77. The van der Waals surface area contributed by atoms with Gasteiger partial charge in [0.15, 0.2) is 5.82 Å². The molecule has 1 fully saturated rings. The van der Waals surface area contributed by atoms with Crippen LogP contribution in [0.1, 0.15) is 44.4 Å². The van der Waals surface area contributed by atoms with Gasteiger partial charge >= 0.3 is 0 Å². The first-order valence-electron chi connectivity index (χ1n) is 10.5. The third-order valence-electron chi connectivity index (χ3n) is 6.14. The molecule has 1 aromatic heterocycles. The smallest absolute Gasteiger partial charge is 0.241 e. The van der Waals surface area contributed by atoms with Gasteiger partial charge in [-0.3, -0.25) is 9.59 Å². The number of likely N-dealkylation sites (tertiary alicyclic amines) is 1. The average Bonchev–Trinajstić information content (AvgIpc) is 3.09. The normalized spacial score (nSPS) is 20.7. The lowest BCUT2D eigenvalue weighted by Crippen LogP contribution is -2.50. The predicted molar refractivity (Wildman–Crippen MR) is 111 cm³/mol. The van der Waals surface area contributed by atoms with Crippen LogP contribution in [0.2, 0.25) is 0 Å². The molecule has 1 unspecified atom stereocenters. The summed E-state index contributed by atoms with van der Waals surface area (Å²) in [5, 5.41) is 2.75. The van der Waals surface area contributed by atoms with Crippen molar-refractivity contribution in [3.63, 3.8) is 0 Å². The summed E-state index contributed by atoms with van der Waals surface area (Å²) < 4.78 is 0. The zero-order valence-corrected chi connectivity index (χ0v) is 17.1. The summed E-state index contributed by atoms with van der Waals surface area (Å²) in [5.41, 5.74) is 3.22. The standard InChI is InChI=1S/C23H28N4O2/c1-16(2)22(29)25-14-19(28)27-12-6-10-23(15-27)11-9-18-13-24-21(26-20(18)23)17-7-4-3-5-8-17/h3-5,7-8,13,16H,6,9-12,14-15H2,1-2H3,(H,25,29). The van der Waals surface area contributed by atoms with Gasteiger partial charge in [0.2, 0.25) is 11.8 Å². The summed E-state index contributed by atoms with van der Waals surface area (Å²) in [4.78, 5) is 36.0. The van der Waals surface area contributed by atoms with Gasteiger partial charge in [0, 0.05) is 36.2 Å². The van der Waals surface area contributed by atoms with Gasteiger partial charge in [-0.25, -0.2) is 9.97 Å². The lowest BCUT2D eigenvalue weighted by Gasteiger charge is -2.40. The first-order valence-corrected chi connectivity index (χ1v) is 10.5. The maximum Gasteiger partial charge on any atom is 0.241 e. The molecule has 6 nitrogen and oxygen atoms in total. The Morgan fingerprint density at radius 2 is 2.00 bits per heavy atom. The zero-order valence-electron chi connectivity index (χ0n) is 17.1. The van der Waals surface area contributed by atoms with Gasteiger partial charge in [-0.15, -0.1) is 0 Å². The van der Waals surface area contributed by atoms with Crippen LogP contribution in [-0.2, 0) is 21.4 Å². The van der Waals surface area contributed by atoms with Crippen LogP contribution >= 0.6 is 0 Å². The van der Waals surface area contributed by atoms with Crippen LogP contribution in [0, 0.1) is 5.92 Å². The van der Waals surface area contributed by atoms with Gasteiger partial charge in [-0.2, -0.15) is 0 Å². The van der Waals surface area contributed by atoms with Crippen LogP contribution in [0.4, 0.5) is 0 Å². The number of piperidine rings is 1. The van der Waals surface area contributed by atoms with Crippen LogP contribution in [-0.4, -0.2) is 46.3 Å². The van der Waals surface area contributed by atoms with Gasteiger partial charge in [-0.05, 0) is 31.2 Å². The van der Waals surface area contributed by atoms with Crippen molar-refractivity contribution in [2.24, 2.45) is 5.92 Å². The van der Waals surface area contributed by atoms with E-state index in [2.05, 4.69) is 10.3 Å². The molecule has 1 aromatic carbocycles. The summed E-state index contributed by atoms with van der Waals surface area (Å²) in [5.74, 6) is 0.531. The van der Waals surface area contributed by atoms with Crippen molar-refractivity contribution in [3.05, 3.63) is 47.8 Å². The van der Waals surface area contributed by atoms with E-state index in [4.69, 9.17) is 4.98 Å². The Balaban J connectivity index is 1.54. The van der Waals surface area contributed by atoms with Crippen molar-refractivity contribution in [1.29, 1.82) is 0 Å². The van der Waals surface area contributed by atoms with Crippen LogP contribution in [0.15, 0.2) is 36.5 Å². The van der Waals surface area contributed by atoms with Crippen molar-refractivity contribution < 1.29 is 9.59 Å². The number of aryl methyl sites for hydroxylation is 1. The number of nitrogens with one attached hydrogen (secondary N) is 1. The quantitative estimate of drug-likeness (QED) is 0.868. The maximum absolute atomic E-state index is 12.7. The first kappa shape index (κ1) is 19.6.